The first kappa shape index (κ1) is 43.7. The number of ether oxygens (including phenoxy) is 3. The van der Waals surface area contributed by atoms with Gasteiger partial charge in [0.2, 0.25) is 0 Å². The van der Waals surface area contributed by atoms with Crippen LogP contribution in [0.1, 0.15) is 96.5 Å². The summed E-state index contributed by atoms with van der Waals surface area (Å²) in [5.41, 5.74) is -4.29. The van der Waals surface area contributed by atoms with Crippen LogP contribution in [-0.2, 0) is 28.6 Å². The molecule has 1 spiro atoms. The van der Waals surface area contributed by atoms with Crippen LogP contribution in [0.3, 0.4) is 0 Å². The second-order valence-corrected chi connectivity index (χ2v) is 18.5. The zero-order chi connectivity index (χ0) is 42.8. The molecule has 15 heteroatoms. The van der Waals surface area contributed by atoms with E-state index in [1.54, 1.807) is 26.0 Å². The highest BCUT2D eigenvalue weighted by Gasteiger charge is 2.66. The van der Waals surface area contributed by atoms with Gasteiger partial charge in [0.15, 0.2) is 23.4 Å². The number of esters is 1. The summed E-state index contributed by atoms with van der Waals surface area (Å²) in [5, 5.41) is 36.7. The van der Waals surface area contributed by atoms with Crippen LogP contribution in [0.15, 0.2) is 59.4 Å². The fourth-order valence-electron chi connectivity index (χ4n) is 11.1. The van der Waals surface area contributed by atoms with E-state index in [1.807, 2.05) is 32.1 Å². The lowest BCUT2D eigenvalue weighted by Gasteiger charge is -2.54. The number of aliphatic hydroxyl groups excluding tert-OH is 2. The number of hydrogen-bond donors (Lipinski definition) is 5. The summed E-state index contributed by atoms with van der Waals surface area (Å²) in [6, 6.07) is -0.809. The van der Waals surface area contributed by atoms with Crippen LogP contribution < -0.4 is 5.32 Å². The van der Waals surface area contributed by atoms with E-state index in [-0.39, 0.29) is 68.6 Å². The molecular formula is C44H53Cl3N2O10. The van der Waals surface area contributed by atoms with Crippen LogP contribution in [0.25, 0.3) is 0 Å². The van der Waals surface area contributed by atoms with E-state index in [0.717, 1.165) is 0 Å². The molecule has 59 heavy (non-hydrogen) atoms. The first-order valence-electron chi connectivity index (χ1n) is 20.7. The molecule has 1 aromatic rings. The molecule has 2 aliphatic heterocycles. The lowest BCUT2D eigenvalue weighted by atomic mass is 9.50. The molecule has 5 N–H and O–H groups in total. The minimum Gasteiger partial charge on any atom is -0.507 e. The number of ketones is 1. The number of amides is 1. The van der Waals surface area contributed by atoms with Gasteiger partial charge in [-0.3, -0.25) is 9.59 Å². The first-order valence-corrected chi connectivity index (χ1v) is 21.8. The number of carbonyl (C=O) groups excluding carboxylic acids is 3. The van der Waals surface area contributed by atoms with Crippen molar-refractivity contribution in [1.29, 1.82) is 0 Å². The summed E-state index contributed by atoms with van der Waals surface area (Å²) >= 11 is 18.3. The summed E-state index contributed by atoms with van der Waals surface area (Å²) in [7, 11) is 0. The number of allylic oxidation sites excluding steroid dienone is 4. The Labute approximate surface area is 359 Å². The van der Waals surface area contributed by atoms with Crippen molar-refractivity contribution in [1.82, 2.24) is 10.3 Å². The van der Waals surface area contributed by atoms with E-state index in [0.29, 0.717) is 38.5 Å². The molecule has 2 bridgehead atoms. The lowest BCUT2D eigenvalue weighted by molar-refractivity contribution is -0.257. The van der Waals surface area contributed by atoms with Gasteiger partial charge in [-0.1, -0.05) is 98.1 Å². The molecule has 1 saturated carbocycles. The largest absolute Gasteiger partial charge is 0.507 e. The molecule has 1 aromatic heterocycles. The zero-order valence-corrected chi connectivity index (χ0v) is 36.1. The van der Waals surface area contributed by atoms with Crippen molar-refractivity contribution in [3.63, 3.8) is 0 Å². The molecule has 6 aliphatic rings. The third kappa shape index (κ3) is 7.13. The predicted molar refractivity (Wildman–Crippen MR) is 221 cm³/mol. The maximum Gasteiger partial charge on any atom is 0.346 e. The molecule has 7 rings (SSSR count). The zero-order valence-electron chi connectivity index (χ0n) is 33.8. The van der Waals surface area contributed by atoms with Crippen molar-refractivity contribution in [2.24, 2.45) is 40.4 Å². The molecule has 0 radical (unpaired) electrons. The third-order valence-corrected chi connectivity index (χ3v) is 15.5. The van der Waals surface area contributed by atoms with Gasteiger partial charge in [-0.15, -0.1) is 0 Å². The monoisotopic (exact) mass is 874 g/mol. The Morgan fingerprint density at radius 2 is 1.81 bits per heavy atom. The summed E-state index contributed by atoms with van der Waals surface area (Å²) in [4.78, 5) is 58.0. The quantitative estimate of drug-likeness (QED) is 0.102. The highest BCUT2D eigenvalue weighted by Crippen LogP contribution is 2.60. The van der Waals surface area contributed by atoms with Gasteiger partial charge in [-0.2, -0.15) is 0 Å². The van der Waals surface area contributed by atoms with Crippen LogP contribution in [0, 0.1) is 40.4 Å². The molecule has 1 saturated heterocycles. The van der Waals surface area contributed by atoms with E-state index in [9.17, 15) is 29.7 Å². The van der Waals surface area contributed by atoms with E-state index in [2.05, 4.69) is 29.4 Å². The topological polar surface area (TPSA) is 184 Å². The minimum absolute atomic E-state index is 0.00715. The van der Waals surface area contributed by atoms with Crippen LogP contribution in [0.5, 0.6) is 0 Å². The Kier molecular flexibility index (Phi) is 12.2. The Bertz CT molecular complexity index is 2050. The van der Waals surface area contributed by atoms with Crippen LogP contribution >= 0.6 is 34.8 Å². The van der Waals surface area contributed by atoms with Crippen molar-refractivity contribution >= 4 is 58.4 Å². The number of H-pyrrole nitrogens is 1. The van der Waals surface area contributed by atoms with Crippen LogP contribution in [-0.4, -0.2) is 80.2 Å². The molecular weight excluding hydrogens is 823 g/mol. The lowest BCUT2D eigenvalue weighted by Crippen LogP contribution is -2.58. The van der Waals surface area contributed by atoms with Crippen molar-refractivity contribution in [2.75, 3.05) is 0 Å². The Balaban J connectivity index is 1.20. The number of aromatic amines is 1. The smallest absolute Gasteiger partial charge is 0.346 e. The van der Waals surface area contributed by atoms with Gasteiger partial charge in [0.05, 0.1) is 39.8 Å². The summed E-state index contributed by atoms with van der Waals surface area (Å²) in [6.07, 6.45) is 13.7. The number of halogens is 3. The van der Waals surface area contributed by atoms with E-state index in [1.165, 1.54) is 0 Å². The number of aromatic nitrogens is 1. The molecule has 2 fully saturated rings. The van der Waals surface area contributed by atoms with Crippen molar-refractivity contribution in [3.8, 4) is 0 Å². The number of Topliss-reactive ketones (excluding diaryl/α,β-unsaturated/α-hetero) is 1. The number of aliphatic hydroxyl groups is 2. The fourth-order valence-corrected chi connectivity index (χ4v) is 11.7. The first-order chi connectivity index (χ1) is 27.9. The molecule has 1 amide bonds. The Morgan fingerprint density at radius 3 is 2.46 bits per heavy atom. The molecule has 0 aromatic carbocycles. The van der Waals surface area contributed by atoms with Gasteiger partial charge in [0.25, 0.3) is 5.91 Å². The van der Waals surface area contributed by atoms with Gasteiger partial charge in [-0.05, 0) is 76.0 Å². The molecule has 12 nitrogen and oxygen atoms in total. The molecule has 13 atom stereocenters. The van der Waals surface area contributed by atoms with E-state index in [4.69, 9.17) is 49.0 Å². The fraction of sp³-hybridized carbons (Fsp3) is 0.591. The highest BCUT2D eigenvalue weighted by molar-refractivity contribution is 6.49. The van der Waals surface area contributed by atoms with E-state index < -0.39 is 82.4 Å². The number of aliphatic carboxylic acids is 1. The van der Waals surface area contributed by atoms with Gasteiger partial charge < -0.3 is 39.8 Å². The van der Waals surface area contributed by atoms with E-state index >= 15 is 4.79 Å². The number of carboxylic acid groups (broad SMARTS) is 1. The number of fused-ring (bicyclic) bond motifs is 3. The van der Waals surface area contributed by atoms with Crippen molar-refractivity contribution in [2.45, 2.75) is 122 Å². The normalized spacial score (nSPS) is 40.6. The van der Waals surface area contributed by atoms with Crippen molar-refractivity contribution < 1.29 is 48.7 Å². The SMILES string of the molecule is CCC1CC23OC(=O)C(=C2O)C(=O)C2(CC)C(C=CC4C(OC5CC(O)C(NC(=O)c6[nH]c(Cl)c(Cl)c6Cl)C(C)O5)C(C)CCC42)C/C=C/C/C=C/C3(C)C=C1C(=O)O. The number of carboxylic acids is 1. The average Bonchev–Trinajstić information content (AvgIpc) is 3.60. The second-order valence-electron chi connectivity index (χ2n) is 17.4. The average molecular weight is 876 g/mol. The number of nitrogens with one attached hydrogen (secondary N) is 2. The summed E-state index contributed by atoms with van der Waals surface area (Å²) < 4.78 is 19.3. The standard InChI is InChI=1S/C44H53Cl3N2O10/c1-6-23-19-44-37(52)30(41(56)59-44)36(51)43(7-2)24(12-10-8-9-11-17-42(44,5)20-26(23)40(54)55)14-15-25-27(43)16-13-21(3)35(25)58-29-18-28(50)33(22(4)57-29)49-39(53)34-31(45)32(46)38(47)48-34/h8,10-11,14-15,17,20-25,27-29,33,35,48,50,52H,6-7,9,12-13,16,18-19H2,1-5H3,(H,49,53)(H,54,55)/b10-8+,17-11+. The third-order valence-electron chi connectivity index (χ3n) is 14.3. The highest BCUT2D eigenvalue weighted by atomic mass is 35.5. The summed E-state index contributed by atoms with van der Waals surface area (Å²) in [5.74, 6) is -4.94. The van der Waals surface area contributed by atoms with Crippen molar-refractivity contribution in [3.05, 3.63) is 80.3 Å². The molecule has 320 valence electrons. The Morgan fingerprint density at radius 1 is 1.07 bits per heavy atom. The second kappa shape index (κ2) is 16.5. The number of rotatable bonds is 7. The predicted octanol–water partition coefficient (Wildman–Crippen LogP) is 8.23. The molecule has 4 aliphatic carbocycles. The van der Waals surface area contributed by atoms with Gasteiger partial charge in [0.1, 0.15) is 16.4 Å². The van der Waals surface area contributed by atoms with Gasteiger partial charge in [0, 0.05) is 29.7 Å². The molecule has 13 unspecified atom stereocenters. The minimum atomic E-state index is -1.68. The number of hydrogen-bond acceptors (Lipinski definition) is 9. The maximum absolute atomic E-state index is 15.5. The Hall–Kier alpha value is -3.39. The van der Waals surface area contributed by atoms with Gasteiger partial charge >= 0.3 is 11.9 Å². The van der Waals surface area contributed by atoms with Crippen LogP contribution in [0.2, 0.25) is 15.2 Å². The van der Waals surface area contributed by atoms with Crippen LogP contribution in [0.4, 0.5) is 0 Å². The molecule has 3 heterocycles. The maximum atomic E-state index is 15.5. The van der Waals surface area contributed by atoms with Gasteiger partial charge in [-0.25, -0.2) is 9.59 Å². The number of carbonyl (C=O) groups is 4. The summed E-state index contributed by atoms with van der Waals surface area (Å²) in [6.45, 7) is 9.35.